The topological polar surface area (TPSA) is 269 Å². The van der Waals surface area contributed by atoms with Gasteiger partial charge in [0.2, 0.25) is 29.5 Å². The Morgan fingerprint density at radius 1 is 0.816 bits per heavy atom. The Balaban J connectivity index is 5.33. The molecule has 38 heavy (non-hydrogen) atoms. The molecule has 0 bridgehead atoms. The largest absolute Gasteiger partial charge is 0.480 e. The van der Waals surface area contributed by atoms with E-state index in [9.17, 15) is 33.9 Å². The third-order valence-electron chi connectivity index (χ3n) is 5.30. The van der Waals surface area contributed by atoms with Gasteiger partial charge in [-0.05, 0) is 31.7 Å². The van der Waals surface area contributed by atoms with E-state index in [1.165, 1.54) is 0 Å². The summed E-state index contributed by atoms with van der Waals surface area (Å²) in [7, 11) is 0. The lowest BCUT2D eigenvalue weighted by Crippen LogP contribution is -2.59. The van der Waals surface area contributed by atoms with Crippen molar-refractivity contribution in [3.8, 4) is 0 Å². The number of rotatable bonds is 19. The monoisotopic (exact) mass is 563 g/mol. The van der Waals surface area contributed by atoms with Crippen LogP contribution in [0.2, 0.25) is 0 Å². The standard InChI is InChI=1S/C22H41N7O8S/c1-11(2)7-13(26-18(32)12(24)5-3-4-6-23)19(33)29-16(10-38)21(35)28-15(9-30)20(34)27-14(22(36)37)8-17(25)31/h11-16,30,38H,3-10,23-24H2,1-2H3,(H2,25,31)(H,26,32)(H,27,34)(H,28,35)(H,29,33)(H,36,37)/t12-,13-,14-,15-,16-/m0/s1. The third kappa shape index (κ3) is 13.6. The molecule has 0 saturated carbocycles. The molecule has 0 aliphatic heterocycles. The molecule has 0 aromatic rings. The average Bonchev–Trinajstić information content (AvgIpc) is 2.83. The van der Waals surface area contributed by atoms with E-state index in [1.54, 1.807) is 0 Å². The lowest BCUT2D eigenvalue weighted by Gasteiger charge is -2.26. The SMILES string of the molecule is CC(C)C[C@H](NC(=O)[C@@H](N)CCCCN)C(=O)N[C@@H](CS)C(=O)N[C@@H](CO)C(=O)N[C@@H](CC(N)=O)C(=O)O. The predicted molar refractivity (Wildman–Crippen MR) is 140 cm³/mol. The number of hydrogen-bond donors (Lipinski definition) is 10. The van der Waals surface area contributed by atoms with Crippen LogP contribution >= 0.6 is 12.6 Å². The van der Waals surface area contributed by atoms with Gasteiger partial charge in [0.1, 0.15) is 24.2 Å². The molecule has 0 heterocycles. The first-order valence-electron chi connectivity index (χ1n) is 12.2. The maximum absolute atomic E-state index is 12.9. The lowest BCUT2D eigenvalue weighted by molar-refractivity contribution is -0.144. The van der Waals surface area contributed by atoms with Gasteiger partial charge in [-0.3, -0.25) is 24.0 Å². The molecular formula is C22H41N7O8S. The molecule has 218 valence electrons. The zero-order chi connectivity index (χ0) is 29.4. The fraction of sp³-hybridized carbons (Fsp3) is 0.727. The first-order chi connectivity index (χ1) is 17.8. The van der Waals surface area contributed by atoms with E-state index in [2.05, 4.69) is 28.6 Å². The molecule has 0 aliphatic carbocycles. The zero-order valence-corrected chi connectivity index (χ0v) is 22.5. The predicted octanol–water partition coefficient (Wildman–Crippen LogP) is -3.69. The van der Waals surface area contributed by atoms with Gasteiger partial charge in [0.05, 0.1) is 19.1 Å². The fourth-order valence-corrected chi connectivity index (χ4v) is 3.48. The van der Waals surface area contributed by atoms with E-state index >= 15 is 0 Å². The molecular weight excluding hydrogens is 522 g/mol. The number of hydrogen-bond acceptors (Lipinski definition) is 10. The average molecular weight is 564 g/mol. The number of aliphatic hydroxyl groups excluding tert-OH is 1. The second kappa shape index (κ2) is 18.3. The molecule has 0 rings (SSSR count). The summed E-state index contributed by atoms with van der Waals surface area (Å²) >= 11 is 4.06. The highest BCUT2D eigenvalue weighted by Crippen LogP contribution is 2.07. The van der Waals surface area contributed by atoms with Crippen LogP contribution in [-0.4, -0.2) is 94.8 Å². The van der Waals surface area contributed by atoms with Gasteiger partial charge in [-0.25, -0.2) is 4.79 Å². The normalized spacial score (nSPS) is 14.9. The second-order valence-corrected chi connectivity index (χ2v) is 9.50. The Bertz CT molecular complexity index is 830. The van der Waals surface area contributed by atoms with E-state index < -0.39 is 78.7 Å². The van der Waals surface area contributed by atoms with Gasteiger partial charge in [-0.15, -0.1) is 0 Å². The van der Waals surface area contributed by atoms with Crippen LogP contribution in [0.5, 0.6) is 0 Å². The highest BCUT2D eigenvalue weighted by atomic mass is 32.1. The number of carbonyl (C=O) groups is 6. The minimum absolute atomic E-state index is 0.00663. The Morgan fingerprint density at radius 2 is 1.32 bits per heavy atom. The molecule has 0 radical (unpaired) electrons. The van der Waals surface area contributed by atoms with Crippen molar-refractivity contribution in [2.75, 3.05) is 18.9 Å². The maximum Gasteiger partial charge on any atom is 0.326 e. The van der Waals surface area contributed by atoms with Crippen LogP contribution in [-0.2, 0) is 28.8 Å². The van der Waals surface area contributed by atoms with Gasteiger partial charge in [-0.1, -0.05) is 20.3 Å². The number of carboxylic acids is 1. The van der Waals surface area contributed by atoms with Gasteiger partial charge < -0.3 is 48.7 Å². The highest BCUT2D eigenvalue weighted by molar-refractivity contribution is 7.80. The molecule has 0 fully saturated rings. The summed E-state index contributed by atoms with van der Waals surface area (Å²) < 4.78 is 0. The van der Waals surface area contributed by atoms with E-state index in [-0.39, 0.29) is 18.1 Å². The summed E-state index contributed by atoms with van der Waals surface area (Å²) in [4.78, 5) is 72.8. The molecule has 0 aromatic carbocycles. The van der Waals surface area contributed by atoms with E-state index in [1.807, 2.05) is 19.2 Å². The second-order valence-electron chi connectivity index (χ2n) is 9.14. The number of carboxylic acid groups (broad SMARTS) is 1. The molecule has 5 amide bonds. The minimum Gasteiger partial charge on any atom is -0.480 e. The van der Waals surface area contributed by atoms with Gasteiger partial charge in [0.25, 0.3) is 0 Å². The van der Waals surface area contributed by atoms with Crippen LogP contribution in [0.3, 0.4) is 0 Å². The Kier molecular flexibility index (Phi) is 16.9. The van der Waals surface area contributed by atoms with Crippen molar-refractivity contribution in [3.63, 3.8) is 0 Å². The van der Waals surface area contributed by atoms with E-state index in [0.717, 1.165) is 0 Å². The summed E-state index contributed by atoms with van der Waals surface area (Å²) in [6, 6.07) is -6.41. The first-order valence-corrected chi connectivity index (χ1v) is 12.8. The third-order valence-corrected chi connectivity index (χ3v) is 5.66. The zero-order valence-electron chi connectivity index (χ0n) is 21.6. The molecule has 0 aliphatic rings. The number of amides is 5. The minimum atomic E-state index is -1.67. The van der Waals surface area contributed by atoms with E-state index in [4.69, 9.17) is 22.3 Å². The van der Waals surface area contributed by atoms with Crippen LogP contribution in [0.15, 0.2) is 0 Å². The lowest BCUT2D eigenvalue weighted by atomic mass is 10.0. The number of nitrogens with two attached hydrogens (primary N) is 3. The number of nitrogens with one attached hydrogen (secondary N) is 4. The van der Waals surface area contributed by atoms with Gasteiger partial charge >= 0.3 is 5.97 Å². The summed E-state index contributed by atoms with van der Waals surface area (Å²) in [6.07, 6.45) is 1.26. The molecule has 0 unspecified atom stereocenters. The van der Waals surface area contributed by atoms with Crippen molar-refractivity contribution >= 4 is 48.1 Å². The number of thiol groups is 1. The molecule has 15 nitrogen and oxygen atoms in total. The van der Waals surface area contributed by atoms with Gasteiger partial charge in [0, 0.05) is 5.75 Å². The molecule has 16 heteroatoms. The Hall–Kier alpha value is -2.95. The molecule has 5 atom stereocenters. The van der Waals surface area contributed by atoms with Crippen LogP contribution in [0.4, 0.5) is 0 Å². The van der Waals surface area contributed by atoms with Crippen molar-refractivity contribution in [3.05, 3.63) is 0 Å². The highest BCUT2D eigenvalue weighted by Gasteiger charge is 2.31. The van der Waals surface area contributed by atoms with Gasteiger partial charge in [-0.2, -0.15) is 12.6 Å². The number of carbonyl (C=O) groups excluding carboxylic acids is 5. The molecule has 0 aromatic heterocycles. The molecule has 12 N–H and O–H groups in total. The van der Waals surface area contributed by atoms with Crippen molar-refractivity contribution in [1.29, 1.82) is 0 Å². The summed E-state index contributed by atoms with van der Waals surface area (Å²) in [5, 5.41) is 27.9. The summed E-state index contributed by atoms with van der Waals surface area (Å²) in [5.41, 5.74) is 16.3. The van der Waals surface area contributed by atoms with Gasteiger partial charge in [0.15, 0.2) is 0 Å². The van der Waals surface area contributed by atoms with Crippen LogP contribution in [0, 0.1) is 5.92 Å². The number of unbranched alkanes of at least 4 members (excludes halogenated alkanes) is 1. The molecule has 0 saturated heterocycles. The number of primary amides is 1. The number of aliphatic carboxylic acids is 1. The quantitative estimate of drug-likeness (QED) is 0.0543. The number of aliphatic hydroxyl groups is 1. The first kappa shape index (κ1) is 35.0. The van der Waals surface area contributed by atoms with Crippen LogP contribution in [0.1, 0.15) is 46.0 Å². The van der Waals surface area contributed by atoms with Crippen molar-refractivity contribution in [1.82, 2.24) is 21.3 Å². The van der Waals surface area contributed by atoms with Crippen molar-refractivity contribution in [2.24, 2.45) is 23.1 Å². The molecule has 0 spiro atoms. The Morgan fingerprint density at radius 3 is 1.79 bits per heavy atom. The fourth-order valence-electron chi connectivity index (χ4n) is 3.23. The van der Waals surface area contributed by atoms with E-state index in [0.29, 0.717) is 25.8 Å². The van der Waals surface area contributed by atoms with Crippen LogP contribution < -0.4 is 38.5 Å². The summed E-state index contributed by atoms with van der Waals surface area (Å²) in [6.45, 7) is 3.22. The smallest absolute Gasteiger partial charge is 0.326 e. The maximum atomic E-state index is 12.9. The summed E-state index contributed by atoms with van der Waals surface area (Å²) in [5.74, 6) is -5.96. The van der Waals surface area contributed by atoms with Crippen molar-refractivity contribution in [2.45, 2.75) is 76.2 Å². The van der Waals surface area contributed by atoms with Crippen molar-refractivity contribution < 1.29 is 39.0 Å². The Labute approximate surface area is 226 Å². The van der Waals surface area contributed by atoms with Crippen LogP contribution in [0.25, 0.3) is 0 Å².